The summed E-state index contributed by atoms with van der Waals surface area (Å²) in [5.74, 6) is 1.37. The molecule has 6 nitrogen and oxygen atoms in total. The molecule has 0 bridgehead atoms. The van der Waals surface area contributed by atoms with Crippen molar-refractivity contribution in [3.05, 3.63) is 76.9 Å². The minimum absolute atomic E-state index is 0.0703. The lowest BCUT2D eigenvalue weighted by atomic mass is 9.94. The third-order valence-electron chi connectivity index (χ3n) is 6.87. The van der Waals surface area contributed by atoms with E-state index in [0.29, 0.717) is 31.3 Å². The molecule has 2 atom stereocenters. The number of ether oxygens (including phenoxy) is 4. The molecule has 0 aromatic heterocycles. The van der Waals surface area contributed by atoms with Crippen molar-refractivity contribution in [2.75, 3.05) is 19.8 Å². The van der Waals surface area contributed by atoms with Crippen LogP contribution < -0.4 is 14.2 Å². The van der Waals surface area contributed by atoms with Crippen LogP contribution in [0.5, 0.6) is 17.2 Å². The molecule has 5 rings (SSSR count). The lowest BCUT2D eigenvalue weighted by Gasteiger charge is -2.16. The molecule has 188 valence electrons. The van der Waals surface area contributed by atoms with Crippen LogP contribution in [-0.4, -0.2) is 37.0 Å². The molecule has 1 saturated heterocycles. The first-order chi connectivity index (χ1) is 17.5. The van der Waals surface area contributed by atoms with Crippen LogP contribution in [0.4, 0.5) is 0 Å². The molecule has 36 heavy (non-hydrogen) atoms. The zero-order valence-electron chi connectivity index (χ0n) is 20.8. The van der Waals surface area contributed by atoms with Crippen LogP contribution in [0, 0.1) is 13.8 Å². The smallest absolute Gasteiger partial charge is 0.304 e. The molecule has 6 heteroatoms. The summed E-state index contributed by atoms with van der Waals surface area (Å²) in [6.45, 7) is 6.48. The zero-order chi connectivity index (χ0) is 25.1. The van der Waals surface area contributed by atoms with E-state index in [9.17, 15) is 4.79 Å². The standard InChI is InChI=1S/C30H32O6/c1-19-11-26(35-18-25-7-4-10-33-25)12-20(2)30(19)22-6-3-5-21(13-22)16-34-24-8-9-27-23(14-29(31)32)17-36-28(27)15-24/h3,5-6,8-9,11-13,15,23,25H,4,7,10,14,16-18H2,1-2H3,(H,31,32). The normalized spacial score (nSPS) is 18.5. The number of carbonyl (C=O) groups is 1. The lowest BCUT2D eigenvalue weighted by Crippen LogP contribution is -2.16. The fourth-order valence-corrected chi connectivity index (χ4v) is 5.14. The van der Waals surface area contributed by atoms with E-state index in [0.717, 1.165) is 41.9 Å². The minimum Gasteiger partial charge on any atom is -0.492 e. The number of aliphatic carboxylic acids is 1. The fourth-order valence-electron chi connectivity index (χ4n) is 5.14. The first-order valence-electron chi connectivity index (χ1n) is 12.5. The van der Waals surface area contributed by atoms with Gasteiger partial charge in [-0.25, -0.2) is 0 Å². The third-order valence-corrected chi connectivity index (χ3v) is 6.87. The van der Waals surface area contributed by atoms with E-state index in [-0.39, 0.29) is 18.4 Å². The van der Waals surface area contributed by atoms with Gasteiger partial charge in [0.2, 0.25) is 0 Å². The highest BCUT2D eigenvalue weighted by Gasteiger charge is 2.26. The van der Waals surface area contributed by atoms with Gasteiger partial charge in [0.15, 0.2) is 0 Å². The molecule has 1 N–H and O–H groups in total. The van der Waals surface area contributed by atoms with E-state index in [2.05, 4.69) is 50.2 Å². The van der Waals surface area contributed by atoms with Crippen LogP contribution >= 0.6 is 0 Å². The van der Waals surface area contributed by atoms with Crippen molar-refractivity contribution in [1.29, 1.82) is 0 Å². The van der Waals surface area contributed by atoms with Gasteiger partial charge in [0, 0.05) is 24.2 Å². The Bertz CT molecular complexity index is 1220. The Balaban J connectivity index is 1.25. The fraction of sp³-hybridized carbons (Fsp3) is 0.367. The molecule has 2 aliphatic heterocycles. The Labute approximate surface area is 211 Å². The topological polar surface area (TPSA) is 74.2 Å². The Morgan fingerprint density at radius 3 is 2.61 bits per heavy atom. The molecule has 3 aromatic carbocycles. The number of carboxylic acid groups (broad SMARTS) is 1. The zero-order valence-corrected chi connectivity index (χ0v) is 20.8. The SMILES string of the molecule is Cc1cc(OCC2CCCO2)cc(C)c1-c1cccc(COc2ccc3c(c2)OCC3CC(=O)O)c1. The number of aryl methyl sites for hydroxylation is 2. The maximum atomic E-state index is 11.1. The van der Waals surface area contributed by atoms with Crippen LogP contribution in [0.25, 0.3) is 11.1 Å². The molecule has 0 amide bonds. The van der Waals surface area contributed by atoms with Gasteiger partial charge in [-0.15, -0.1) is 0 Å². The van der Waals surface area contributed by atoms with Gasteiger partial charge in [0.25, 0.3) is 0 Å². The first kappa shape index (κ1) is 24.2. The van der Waals surface area contributed by atoms with Gasteiger partial charge in [-0.2, -0.15) is 0 Å². The maximum Gasteiger partial charge on any atom is 0.304 e. The third kappa shape index (κ3) is 5.49. The Hall–Kier alpha value is -3.51. The van der Waals surface area contributed by atoms with Gasteiger partial charge in [-0.3, -0.25) is 4.79 Å². The Morgan fingerprint density at radius 1 is 1.03 bits per heavy atom. The largest absolute Gasteiger partial charge is 0.492 e. The molecular formula is C30H32O6. The first-order valence-corrected chi connectivity index (χ1v) is 12.5. The quantitative estimate of drug-likeness (QED) is 0.395. The molecule has 1 fully saturated rings. The predicted octanol–water partition coefficient (Wildman–Crippen LogP) is 6.06. The van der Waals surface area contributed by atoms with Gasteiger partial charge in [-0.05, 0) is 78.8 Å². The molecule has 3 aromatic rings. The van der Waals surface area contributed by atoms with Gasteiger partial charge < -0.3 is 24.1 Å². The van der Waals surface area contributed by atoms with Gasteiger partial charge in [0.05, 0.1) is 19.1 Å². The monoisotopic (exact) mass is 488 g/mol. The summed E-state index contributed by atoms with van der Waals surface area (Å²) in [7, 11) is 0. The van der Waals surface area contributed by atoms with Crippen molar-refractivity contribution in [2.24, 2.45) is 0 Å². The number of carboxylic acids is 1. The van der Waals surface area contributed by atoms with Crippen molar-refractivity contribution >= 4 is 5.97 Å². The van der Waals surface area contributed by atoms with Crippen molar-refractivity contribution in [3.63, 3.8) is 0 Å². The van der Waals surface area contributed by atoms with Gasteiger partial charge in [0.1, 0.15) is 30.5 Å². The van der Waals surface area contributed by atoms with Crippen LogP contribution in [0.1, 0.15) is 47.4 Å². The second-order valence-electron chi connectivity index (χ2n) is 9.67. The molecule has 0 aliphatic carbocycles. The molecule has 2 unspecified atom stereocenters. The summed E-state index contributed by atoms with van der Waals surface area (Å²) >= 11 is 0. The van der Waals surface area contributed by atoms with Crippen LogP contribution in [0.2, 0.25) is 0 Å². The number of rotatable bonds is 9. The Morgan fingerprint density at radius 2 is 1.86 bits per heavy atom. The molecule has 2 heterocycles. The summed E-state index contributed by atoms with van der Waals surface area (Å²) in [5, 5.41) is 9.09. The lowest BCUT2D eigenvalue weighted by molar-refractivity contribution is -0.137. The van der Waals surface area contributed by atoms with Crippen molar-refractivity contribution in [3.8, 4) is 28.4 Å². The summed E-state index contributed by atoms with van der Waals surface area (Å²) in [6.07, 6.45) is 2.44. The molecule has 0 spiro atoms. The van der Waals surface area contributed by atoms with E-state index in [1.165, 1.54) is 16.7 Å². The average Bonchev–Trinajstić information content (AvgIpc) is 3.51. The highest BCUT2D eigenvalue weighted by Crippen LogP contribution is 2.38. The maximum absolute atomic E-state index is 11.1. The second-order valence-corrected chi connectivity index (χ2v) is 9.67. The van der Waals surface area contributed by atoms with E-state index in [1.54, 1.807) is 0 Å². The second kappa shape index (κ2) is 10.6. The highest BCUT2D eigenvalue weighted by molar-refractivity contribution is 5.72. The van der Waals surface area contributed by atoms with E-state index in [4.69, 9.17) is 24.1 Å². The number of hydrogen-bond donors (Lipinski definition) is 1. The molecule has 0 saturated carbocycles. The van der Waals surface area contributed by atoms with Gasteiger partial charge >= 0.3 is 5.97 Å². The summed E-state index contributed by atoms with van der Waals surface area (Å²) < 4.78 is 23.5. The van der Waals surface area contributed by atoms with Crippen molar-refractivity contribution in [2.45, 2.75) is 51.7 Å². The van der Waals surface area contributed by atoms with Crippen molar-refractivity contribution in [1.82, 2.24) is 0 Å². The number of benzene rings is 3. The Kier molecular flexibility index (Phi) is 7.14. The van der Waals surface area contributed by atoms with Crippen LogP contribution in [0.3, 0.4) is 0 Å². The number of hydrogen-bond acceptors (Lipinski definition) is 5. The predicted molar refractivity (Wildman–Crippen MR) is 137 cm³/mol. The molecule has 0 radical (unpaired) electrons. The van der Waals surface area contributed by atoms with E-state index in [1.807, 2.05) is 18.2 Å². The van der Waals surface area contributed by atoms with Crippen LogP contribution in [-0.2, 0) is 16.1 Å². The minimum atomic E-state index is -0.817. The molecule has 2 aliphatic rings. The average molecular weight is 489 g/mol. The van der Waals surface area contributed by atoms with Crippen LogP contribution in [0.15, 0.2) is 54.6 Å². The van der Waals surface area contributed by atoms with E-state index >= 15 is 0 Å². The summed E-state index contributed by atoms with van der Waals surface area (Å²) in [4.78, 5) is 11.1. The summed E-state index contributed by atoms with van der Waals surface area (Å²) in [5.41, 5.74) is 6.68. The van der Waals surface area contributed by atoms with Crippen molar-refractivity contribution < 1.29 is 28.8 Å². The molecular weight excluding hydrogens is 456 g/mol. The number of fused-ring (bicyclic) bond motifs is 1. The van der Waals surface area contributed by atoms with Gasteiger partial charge in [-0.1, -0.05) is 24.3 Å². The van der Waals surface area contributed by atoms with E-state index < -0.39 is 5.97 Å². The highest BCUT2D eigenvalue weighted by atomic mass is 16.5. The summed E-state index contributed by atoms with van der Waals surface area (Å²) in [6, 6.07) is 18.2.